The molecule has 20 heavy (non-hydrogen) atoms. The lowest BCUT2D eigenvalue weighted by Crippen LogP contribution is -2.06. The van der Waals surface area contributed by atoms with E-state index in [4.69, 9.17) is 0 Å². The summed E-state index contributed by atoms with van der Waals surface area (Å²) in [5.41, 5.74) is 2.59. The van der Waals surface area contributed by atoms with Gasteiger partial charge in [0.2, 0.25) is 0 Å². The lowest BCUT2D eigenvalue weighted by molar-refractivity contribution is 1.05. The van der Waals surface area contributed by atoms with Gasteiger partial charge in [-0.2, -0.15) is 0 Å². The predicted octanol–water partition coefficient (Wildman–Crippen LogP) is 3.85. The zero-order valence-corrected chi connectivity index (χ0v) is 13.4. The monoisotopic (exact) mass is 334 g/mol. The van der Waals surface area contributed by atoms with Crippen molar-refractivity contribution in [2.45, 2.75) is 26.8 Å². The minimum absolute atomic E-state index is 0.741. The van der Waals surface area contributed by atoms with Crippen LogP contribution in [0.15, 0.2) is 35.1 Å². The summed E-state index contributed by atoms with van der Waals surface area (Å²) in [6.45, 7) is 5.77. The molecule has 0 radical (unpaired) electrons. The molecule has 4 nitrogen and oxygen atoms in total. The zero-order chi connectivity index (χ0) is 14.4. The lowest BCUT2D eigenvalue weighted by Gasteiger charge is -2.11. The average Bonchev–Trinajstić information content (AvgIpc) is 2.49. The SMILES string of the molecule is CCNc1ncnc(NCc2ccc(CC)cc2)c1Br. The maximum atomic E-state index is 4.26. The van der Waals surface area contributed by atoms with Gasteiger partial charge in [-0.1, -0.05) is 31.2 Å². The summed E-state index contributed by atoms with van der Waals surface area (Å²) in [6.07, 6.45) is 2.63. The molecule has 2 N–H and O–H groups in total. The molecule has 2 aromatic rings. The molecule has 0 saturated heterocycles. The fraction of sp³-hybridized carbons (Fsp3) is 0.333. The van der Waals surface area contributed by atoms with Gasteiger partial charge in [-0.05, 0) is 40.4 Å². The van der Waals surface area contributed by atoms with E-state index in [-0.39, 0.29) is 0 Å². The number of nitrogens with one attached hydrogen (secondary N) is 2. The number of rotatable bonds is 6. The minimum Gasteiger partial charge on any atom is -0.369 e. The fourth-order valence-corrected chi connectivity index (χ4v) is 2.35. The van der Waals surface area contributed by atoms with Crippen LogP contribution >= 0.6 is 15.9 Å². The number of nitrogens with zero attached hydrogens (tertiary/aromatic N) is 2. The largest absolute Gasteiger partial charge is 0.369 e. The molecule has 0 aliphatic heterocycles. The summed E-state index contributed by atoms with van der Waals surface area (Å²) < 4.78 is 0.868. The highest BCUT2D eigenvalue weighted by Crippen LogP contribution is 2.26. The Morgan fingerprint density at radius 2 is 1.55 bits per heavy atom. The molecule has 5 heteroatoms. The maximum Gasteiger partial charge on any atom is 0.146 e. The summed E-state index contributed by atoms with van der Waals surface area (Å²) in [5, 5.41) is 6.52. The molecule has 1 aromatic heterocycles. The first-order valence-electron chi connectivity index (χ1n) is 6.80. The van der Waals surface area contributed by atoms with Crippen molar-refractivity contribution in [3.8, 4) is 0 Å². The molecule has 0 aliphatic carbocycles. The van der Waals surface area contributed by atoms with Crippen molar-refractivity contribution in [2.24, 2.45) is 0 Å². The first-order valence-corrected chi connectivity index (χ1v) is 7.60. The highest BCUT2D eigenvalue weighted by Gasteiger charge is 2.07. The molecular formula is C15H19BrN4. The smallest absolute Gasteiger partial charge is 0.146 e. The van der Waals surface area contributed by atoms with Gasteiger partial charge < -0.3 is 10.6 Å². The average molecular weight is 335 g/mol. The summed E-state index contributed by atoms with van der Waals surface area (Å²) in [7, 11) is 0. The minimum atomic E-state index is 0.741. The fourth-order valence-electron chi connectivity index (χ4n) is 1.86. The van der Waals surface area contributed by atoms with Crippen LogP contribution in [0.1, 0.15) is 25.0 Å². The van der Waals surface area contributed by atoms with Crippen molar-refractivity contribution in [1.29, 1.82) is 0 Å². The van der Waals surface area contributed by atoms with Crippen LogP contribution in [-0.2, 0) is 13.0 Å². The third kappa shape index (κ3) is 3.70. The Kier molecular flexibility index (Phi) is 5.35. The Balaban J connectivity index is 2.04. The Labute approximate surface area is 128 Å². The van der Waals surface area contributed by atoms with Crippen LogP contribution in [0.3, 0.4) is 0 Å². The van der Waals surface area contributed by atoms with Gasteiger partial charge in [0.1, 0.15) is 22.4 Å². The van der Waals surface area contributed by atoms with E-state index >= 15 is 0 Å². The Morgan fingerprint density at radius 1 is 0.950 bits per heavy atom. The van der Waals surface area contributed by atoms with Crippen molar-refractivity contribution < 1.29 is 0 Å². The highest BCUT2D eigenvalue weighted by atomic mass is 79.9. The van der Waals surface area contributed by atoms with E-state index in [1.807, 2.05) is 6.92 Å². The van der Waals surface area contributed by atoms with E-state index in [1.165, 1.54) is 11.1 Å². The molecule has 0 aliphatic rings. The van der Waals surface area contributed by atoms with Crippen LogP contribution in [-0.4, -0.2) is 16.5 Å². The quantitative estimate of drug-likeness (QED) is 0.842. The van der Waals surface area contributed by atoms with Gasteiger partial charge in [0.15, 0.2) is 0 Å². The molecule has 106 valence electrons. The lowest BCUT2D eigenvalue weighted by atomic mass is 10.1. The maximum absolute atomic E-state index is 4.26. The predicted molar refractivity (Wildman–Crippen MR) is 87.0 cm³/mol. The summed E-state index contributed by atoms with van der Waals surface area (Å²) >= 11 is 3.53. The highest BCUT2D eigenvalue weighted by molar-refractivity contribution is 9.10. The van der Waals surface area contributed by atoms with Crippen molar-refractivity contribution in [2.75, 3.05) is 17.2 Å². The number of benzene rings is 1. The Bertz CT molecular complexity index is 554. The summed E-state index contributed by atoms with van der Waals surface area (Å²) in [4.78, 5) is 8.46. The zero-order valence-electron chi connectivity index (χ0n) is 11.8. The van der Waals surface area contributed by atoms with Gasteiger partial charge in [0.05, 0.1) is 0 Å². The Hall–Kier alpha value is -1.62. The third-order valence-corrected chi connectivity index (χ3v) is 3.78. The molecule has 0 spiro atoms. The molecule has 0 saturated carbocycles. The van der Waals surface area contributed by atoms with Crippen molar-refractivity contribution in [3.05, 3.63) is 46.2 Å². The number of hydrogen-bond acceptors (Lipinski definition) is 4. The van der Waals surface area contributed by atoms with E-state index in [1.54, 1.807) is 6.33 Å². The molecular weight excluding hydrogens is 316 g/mol. The Morgan fingerprint density at radius 3 is 2.15 bits per heavy atom. The number of anilines is 2. The van der Waals surface area contributed by atoms with E-state index < -0.39 is 0 Å². The first kappa shape index (κ1) is 14.8. The van der Waals surface area contributed by atoms with Crippen LogP contribution in [0, 0.1) is 0 Å². The molecule has 0 amide bonds. The van der Waals surface area contributed by atoms with Crippen LogP contribution in [0.5, 0.6) is 0 Å². The van der Waals surface area contributed by atoms with Crippen molar-refractivity contribution >= 4 is 27.6 Å². The summed E-state index contributed by atoms with van der Waals surface area (Å²) in [6, 6.07) is 8.62. The van der Waals surface area contributed by atoms with Gasteiger partial charge in [0, 0.05) is 13.1 Å². The van der Waals surface area contributed by atoms with E-state index in [0.717, 1.165) is 35.6 Å². The van der Waals surface area contributed by atoms with Crippen LogP contribution < -0.4 is 10.6 Å². The standard InChI is InChI=1S/C15H19BrN4/c1-3-11-5-7-12(8-6-11)9-18-15-13(16)14(17-4-2)19-10-20-15/h5-8,10H,3-4,9H2,1-2H3,(H2,17,18,19,20). The van der Waals surface area contributed by atoms with Crippen molar-refractivity contribution in [1.82, 2.24) is 9.97 Å². The molecule has 0 bridgehead atoms. The van der Waals surface area contributed by atoms with E-state index in [2.05, 4.69) is 67.7 Å². The van der Waals surface area contributed by atoms with Gasteiger partial charge in [0.25, 0.3) is 0 Å². The molecule has 0 fully saturated rings. The molecule has 0 atom stereocenters. The van der Waals surface area contributed by atoms with Gasteiger partial charge in [-0.25, -0.2) is 9.97 Å². The van der Waals surface area contributed by atoms with Crippen LogP contribution in [0.25, 0.3) is 0 Å². The molecule has 2 rings (SSSR count). The van der Waals surface area contributed by atoms with E-state index in [9.17, 15) is 0 Å². The van der Waals surface area contributed by atoms with Crippen LogP contribution in [0.2, 0.25) is 0 Å². The van der Waals surface area contributed by atoms with Gasteiger partial charge >= 0.3 is 0 Å². The normalized spacial score (nSPS) is 10.3. The van der Waals surface area contributed by atoms with E-state index in [0.29, 0.717) is 0 Å². The van der Waals surface area contributed by atoms with Crippen molar-refractivity contribution in [3.63, 3.8) is 0 Å². The van der Waals surface area contributed by atoms with Gasteiger partial charge in [-0.15, -0.1) is 0 Å². The third-order valence-electron chi connectivity index (χ3n) is 3.02. The molecule has 0 unspecified atom stereocenters. The van der Waals surface area contributed by atoms with Gasteiger partial charge in [-0.3, -0.25) is 0 Å². The number of halogens is 1. The first-order chi connectivity index (χ1) is 9.74. The second kappa shape index (κ2) is 7.24. The topological polar surface area (TPSA) is 49.8 Å². The van der Waals surface area contributed by atoms with Crippen LogP contribution in [0.4, 0.5) is 11.6 Å². The summed E-state index contributed by atoms with van der Waals surface area (Å²) in [5.74, 6) is 1.61. The molecule has 1 heterocycles. The number of hydrogen-bond donors (Lipinski definition) is 2. The second-order valence-corrected chi connectivity index (χ2v) is 5.23. The number of aromatic nitrogens is 2. The second-order valence-electron chi connectivity index (χ2n) is 4.44. The number of aryl methyl sites for hydroxylation is 1. The molecule has 1 aromatic carbocycles.